The Balaban J connectivity index is 1.29. The highest BCUT2D eigenvalue weighted by Gasteiger charge is 2.47. The quantitative estimate of drug-likeness (QED) is 0.670. The SMILES string of the molecule is O[C@]1(c2ccc3c(c2)c2c4n3CCN(Cc3ccccc3)[C@H]4CCC2)CN2CCC1CC2. The first-order valence-electron chi connectivity index (χ1n) is 12.6. The molecule has 4 heteroatoms. The molecule has 1 aromatic heterocycles. The Bertz CT molecular complexity index is 1160. The minimum atomic E-state index is -0.673. The maximum Gasteiger partial charge on any atom is 0.105 e. The lowest BCUT2D eigenvalue weighted by molar-refractivity contribution is -0.117. The summed E-state index contributed by atoms with van der Waals surface area (Å²) in [4.78, 5) is 5.16. The van der Waals surface area contributed by atoms with E-state index < -0.39 is 5.60 Å². The maximum atomic E-state index is 11.8. The van der Waals surface area contributed by atoms with Crippen LogP contribution in [0.25, 0.3) is 10.9 Å². The molecule has 0 amide bonds. The normalized spacial score (nSPS) is 31.7. The van der Waals surface area contributed by atoms with Crippen molar-refractivity contribution >= 4 is 10.9 Å². The number of hydrogen-bond acceptors (Lipinski definition) is 3. The molecule has 1 N–H and O–H groups in total. The average Bonchev–Trinajstić information content (AvgIpc) is 3.17. The fourth-order valence-electron chi connectivity index (χ4n) is 7.32. The molecule has 32 heavy (non-hydrogen) atoms. The summed E-state index contributed by atoms with van der Waals surface area (Å²) in [7, 11) is 0. The Labute approximate surface area is 190 Å². The molecule has 3 fully saturated rings. The van der Waals surface area contributed by atoms with Crippen LogP contribution in [-0.4, -0.2) is 45.7 Å². The van der Waals surface area contributed by atoms with Crippen molar-refractivity contribution in [3.05, 3.63) is 70.9 Å². The van der Waals surface area contributed by atoms with Crippen molar-refractivity contribution in [2.45, 2.75) is 56.8 Å². The van der Waals surface area contributed by atoms with Gasteiger partial charge in [0.25, 0.3) is 0 Å². The molecule has 5 heterocycles. The van der Waals surface area contributed by atoms with Gasteiger partial charge in [0.05, 0.1) is 6.04 Å². The zero-order valence-electron chi connectivity index (χ0n) is 18.8. The van der Waals surface area contributed by atoms with Crippen molar-refractivity contribution in [1.82, 2.24) is 14.4 Å². The van der Waals surface area contributed by atoms with E-state index in [2.05, 4.69) is 62.9 Å². The van der Waals surface area contributed by atoms with Gasteiger partial charge in [-0.1, -0.05) is 36.4 Å². The molecule has 5 aliphatic rings. The summed E-state index contributed by atoms with van der Waals surface area (Å²) in [5.41, 5.74) is 6.40. The number of aromatic nitrogens is 1. The van der Waals surface area contributed by atoms with E-state index in [0.717, 1.165) is 57.7 Å². The van der Waals surface area contributed by atoms with Crippen LogP contribution in [0.4, 0.5) is 0 Å². The van der Waals surface area contributed by atoms with Gasteiger partial charge in [-0.3, -0.25) is 4.90 Å². The van der Waals surface area contributed by atoms with E-state index in [9.17, 15) is 5.11 Å². The minimum absolute atomic E-state index is 0.410. The second-order valence-corrected chi connectivity index (χ2v) is 10.6. The molecule has 3 aromatic rings. The van der Waals surface area contributed by atoms with Crippen LogP contribution in [-0.2, 0) is 25.1 Å². The predicted octanol–water partition coefficient (Wildman–Crippen LogP) is 4.45. The third-order valence-electron chi connectivity index (χ3n) is 8.94. The number of aliphatic hydroxyl groups is 1. The highest BCUT2D eigenvalue weighted by Crippen LogP contribution is 2.46. The minimum Gasteiger partial charge on any atom is -0.384 e. The lowest BCUT2D eigenvalue weighted by atomic mass is 9.71. The van der Waals surface area contributed by atoms with Crippen LogP contribution < -0.4 is 0 Å². The molecule has 2 bridgehead atoms. The van der Waals surface area contributed by atoms with Crippen molar-refractivity contribution in [3.63, 3.8) is 0 Å². The molecule has 4 nitrogen and oxygen atoms in total. The number of rotatable bonds is 3. The van der Waals surface area contributed by atoms with Crippen molar-refractivity contribution in [2.75, 3.05) is 26.2 Å². The Hall–Kier alpha value is -2.14. The Morgan fingerprint density at radius 3 is 2.56 bits per heavy atom. The van der Waals surface area contributed by atoms with Crippen LogP contribution in [0.2, 0.25) is 0 Å². The predicted molar refractivity (Wildman–Crippen MR) is 128 cm³/mol. The van der Waals surface area contributed by atoms with Gasteiger partial charge in [-0.15, -0.1) is 0 Å². The number of piperidine rings is 3. The van der Waals surface area contributed by atoms with Crippen LogP contribution in [0.1, 0.15) is 54.1 Å². The van der Waals surface area contributed by atoms with E-state index in [0.29, 0.717) is 12.0 Å². The van der Waals surface area contributed by atoms with Crippen LogP contribution in [0.15, 0.2) is 48.5 Å². The van der Waals surface area contributed by atoms with Gasteiger partial charge < -0.3 is 14.6 Å². The smallest absolute Gasteiger partial charge is 0.105 e. The van der Waals surface area contributed by atoms with Crippen molar-refractivity contribution < 1.29 is 5.11 Å². The summed E-state index contributed by atoms with van der Waals surface area (Å²) < 4.78 is 2.61. The summed E-state index contributed by atoms with van der Waals surface area (Å²) in [5, 5.41) is 13.2. The third kappa shape index (κ3) is 2.79. The zero-order valence-corrected chi connectivity index (χ0v) is 18.8. The highest BCUT2D eigenvalue weighted by atomic mass is 16.3. The molecule has 0 unspecified atom stereocenters. The van der Waals surface area contributed by atoms with Crippen LogP contribution >= 0.6 is 0 Å². The van der Waals surface area contributed by atoms with Gasteiger partial charge in [-0.05, 0) is 79.9 Å². The fourth-order valence-corrected chi connectivity index (χ4v) is 7.32. The number of hydrogen-bond donors (Lipinski definition) is 1. The third-order valence-corrected chi connectivity index (χ3v) is 8.94. The molecule has 2 atom stereocenters. The molecule has 0 radical (unpaired) electrons. The second-order valence-electron chi connectivity index (χ2n) is 10.6. The van der Waals surface area contributed by atoms with Gasteiger partial charge in [-0.25, -0.2) is 0 Å². The lowest BCUT2D eigenvalue weighted by Gasteiger charge is -2.50. The van der Waals surface area contributed by atoms with Crippen LogP contribution in [0, 0.1) is 5.92 Å². The number of benzene rings is 2. The largest absolute Gasteiger partial charge is 0.384 e. The number of fused-ring (bicyclic) bond motifs is 6. The Kier molecular flexibility index (Phi) is 4.34. The van der Waals surface area contributed by atoms with E-state index in [4.69, 9.17) is 0 Å². The van der Waals surface area contributed by atoms with E-state index in [-0.39, 0.29) is 0 Å². The van der Waals surface area contributed by atoms with Crippen molar-refractivity contribution in [1.29, 1.82) is 0 Å². The molecule has 166 valence electrons. The van der Waals surface area contributed by atoms with Crippen molar-refractivity contribution in [3.8, 4) is 0 Å². The average molecular weight is 428 g/mol. The first-order chi connectivity index (χ1) is 15.7. The molecule has 3 saturated heterocycles. The van der Waals surface area contributed by atoms with Gasteiger partial charge in [-0.2, -0.15) is 0 Å². The summed E-state index contributed by atoms with van der Waals surface area (Å²) in [6.07, 6.45) is 5.94. The number of aryl methyl sites for hydroxylation is 1. The topological polar surface area (TPSA) is 31.6 Å². The van der Waals surface area contributed by atoms with E-state index >= 15 is 0 Å². The van der Waals surface area contributed by atoms with Gasteiger partial charge >= 0.3 is 0 Å². The molecule has 0 spiro atoms. The lowest BCUT2D eigenvalue weighted by Crippen LogP contribution is -2.57. The molecular weight excluding hydrogens is 394 g/mol. The van der Waals surface area contributed by atoms with E-state index in [1.54, 1.807) is 11.3 Å². The molecule has 8 rings (SSSR count). The molecule has 2 aromatic carbocycles. The second kappa shape index (κ2) is 7.18. The van der Waals surface area contributed by atoms with Gasteiger partial charge in [0.2, 0.25) is 0 Å². The van der Waals surface area contributed by atoms with Crippen LogP contribution in [0.5, 0.6) is 0 Å². The number of nitrogens with zero attached hydrogens (tertiary/aromatic N) is 3. The summed E-state index contributed by atoms with van der Waals surface area (Å²) in [6.45, 7) is 6.32. The molecule has 1 aliphatic carbocycles. The Morgan fingerprint density at radius 1 is 0.938 bits per heavy atom. The Morgan fingerprint density at radius 2 is 1.78 bits per heavy atom. The monoisotopic (exact) mass is 427 g/mol. The highest BCUT2D eigenvalue weighted by molar-refractivity contribution is 5.87. The molecule has 4 aliphatic heterocycles. The van der Waals surface area contributed by atoms with E-state index in [1.165, 1.54) is 35.7 Å². The zero-order chi connectivity index (χ0) is 21.3. The van der Waals surface area contributed by atoms with Gasteiger partial charge in [0.1, 0.15) is 5.60 Å². The summed E-state index contributed by atoms with van der Waals surface area (Å²) in [5.74, 6) is 0.410. The van der Waals surface area contributed by atoms with E-state index in [1.807, 2.05) is 0 Å². The van der Waals surface area contributed by atoms with Crippen LogP contribution in [0.3, 0.4) is 0 Å². The first kappa shape index (κ1) is 19.3. The first-order valence-corrected chi connectivity index (χ1v) is 12.6. The summed E-state index contributed by atoms with van der Waals surface area (Å²) >= 11 is 0. The standard InChI is InChI=1S/C28H33N3O/c32-28(19-29-13-11-21(28)12-14-29)22-9-10-25-24(17-22)23-7-4-8-26-27(23)31(25)16-15-30(26)18-20-5-2-1-3-6-20/h1-3,5-6,9-10,17,21,26,32H,4,7-8,11-16,18-19H2/t26-,28+/m0/s1. The van der Waals surface area contributed by atoms with Gasteiger partial charge in [0, 0.05) is 42.8 Å². The fraction of sp³-hybridized carbons (Fsp3) is 0.500. The van der Waals surface area contributed by atoms with Crippen molar-refractivity contribution in [2.24, 2.45) is 5.92 Å². The maximum absolute atomic E-state index is 11.8. The van der Waals surface area contributed by atoms with Gasteiger partial charge in [0.15, 0.2) is 0 Å². The summed E-state index contributed by atoms with van der Waals surface area (Å²) in [6, 6.07) is 18.4. The molecule has 0 saturated carbocycles. The molecular formula is C28H33N3O.